The molecule has 1 N–H and O–H groups in total. The number of nitrogens with zero attached hydrogens (tertiary/aromatic N) is 2. The second-order valence-electron chi connectivity index (χ2n) is 4.25. The van der Waals surface area contributed by atoms with E-state index >= 15 is 0 Å². The summed E-state index contributed by atoms with van der Waals surface area (Å²) in [5, 5.41) is 8.68. The van der Waals surface area contributed by atoms with Gasteiger partial charge in [0.25, 0.3) is 0 Å². The lowest BCUT2D eigenvalue weighted by Gasteiger charge is -2.05. The summed E-state index contributed by atoms with van der Waals surface area (Å²) in [7, 11) is -3.48. The van der Waals surface area contributed by atoms with E-state index in [0.717, 1.165) is 0 Å². The topological polar surface area (TPSA) is 96.0 Å². The Bertz CT molecular complexity index is 727. The van der Waals surface area contributed by atoms with Gasteiger partial charge < -0.3 is 4.42 Å². The van der Waals surface area contributed by atoms with E-state index in [4.69, 9.17) is 9.68 Å². The molecule has 0 aliphatic heterocycles. The number of benzene rings is 1. The lowest BCUT2D eigenvalue weighted by molar-refractivity contribution is 0.463. The first-order valence-corrected chi connectivity index (χ1v) is 7.51. The Labute approximate surface area is 117 Å². The largest absolute Gasteiger partial charge is 0.445 e. The van der Waals surface area contributed by atoms with Crippen molar-refractivity contribution in [1.29, 1.82) is 5.26 Å². The van der Waals surface area contributed by atoms with E-state index in [0.29, 0.717) is 22.8 Å². The zero-order chi connectivity index (χ0) is 14.6. The van der Waals surface area contributed by atoms with Crippen LogP contribution in [0.3, 0.4) is 0 Å². The average molecular weight is 291 g/mol. The van der Waals surface area contributed by atoms with E-state index in [1.54, 1.807) is 31.2 Å². The molecule has 20 heavy (non-hydrogen) atoms. The summed E-state index contributed by atoms with van der Waals surface area (Å²) in [6.45, 7) is 1.76. The fraction of sp³-hybridized carbons (Fsp3) is 0.231. The van der Waals surface area contributed by atoms with Crippen LogP contribution in [0.4, 0.5) is 0 Å². The van der Waals surface area contributed by atoms with Crippen LogP contribution in [0, 0.1) is 18.3 Å². The Balaban J connectivity index is 1.98. The van der Waals surface area contributed by atoms with E-state index < -0.39 is 10.0 Å². The fourth-order valence-electron chi connectivity index (χ4n) is 1.60. The monoisotopic (exact) mass is 291 g/mol. The highest BCUT2D eigenvalue weighted by molar-refractivity contribution is 7.88. The molecule has 0 bridgehead atoms. The van der Waals surface area contributed by atoms with Gasteiger partial charge in [0.05, 0.1) is 30.1 Å². The number of hydrogen-bond acceptors (Lipinski definition) is 5. The third-order valence-electron chi connectivity index (χ3n) is 2.55. The van der Waals surface area contributed by atoms with Crippen LogP contribution in [-0.2, 0) is 22.3 Å². The normalized spacial score (nSPS) is 11.2. The molecular formula is C13H13N3O3S. The molecule has 0 atom stereocenters. The van der Waals surface area contributed by atoms with Crippen molar-refractivity contribution in [3.8, 4) is 6.07 Å². The molecule has 2 aromatic rings. The Morgan fingerprint density at radius 2 is 2.05 bits per heavy atom. The van der Waals surface area contributed by atoms with Crippen LogP contribution >= 0.6 is 0 Å². The van der Waals surface area contributed by atoms with E-state index in [9.17, 15) is 8.42 Å². The van der Waals surface area contributed by atoms with Crippen molar-refractivity contribution in [2.75, 3.05) is 0 Å². The molecule has 0 unspecified atom stereocenters. The second kappa shape index (κ2) is 5.86. The minimum atomic E-state index is -3.48. The van der Waals surface area contributed by atoms with Crippen molar-refractivity contribution in [3.63, 3.8) is 0 Å². The number of aromatic nitrogens is 1. The number of oxazole rings is 1. The van der Waals surface area contributed by atoms with E-state index in [2.05, 4.69) is 9.71 Å². The van der Waals surface area contributed by atoms with Crippen molar-refractivity contribution in [2.45, 2.75) is 19.2 Å². The molecule has 0 saturated carbocycles. The van der Waals surface area contributed by atoms with Crippen molar-refractivity contribution in [3.05, 3.63) is 53.2 Å². The summed E-state index contributed by atoms with van der Waals surface area (Å²) < 4.78 is 31.4. The van der Waals surface area contributed by atoms with Crippen LogP contribution in [0.1, 0.15) is 22.8 Å². The van der Waals surface area contributed by atoms with Gasteiger partial charge in [-0.15, -0.1) is 0 Å². The number of hydrogen-bond donors (Lipinski definition) is 1. The highest BCUT2D eigenvalue weighted by Gasteiger charge is 2.13. The van der Waals surface area contributed by atoms with E-state index in [-0.39, 0.29) is 12.3 Å². The van der Waals surface area contributed by atoms with Gasteiger partial charge in [-0.05, 0) is 24.6 Å². The predicted molar refractivity (Wildman–Crippen MR) is 71.9 cm³/mol. The summed E-state index contributed by atoms with van der Waals surface area (Å²) in [5.74, 6) is 0.801. The highest BCUT2D eigenvalue weighted by atomic mass is 32.2. The lowest BCUT2D eigenvalue weighted by Crippen LogP contribution is -2.24. The number of sulfonamides is 1. The zero-order valence-corrected chi connectivity index (χ0v) is 11.6. The van der Waals surface area contributed by atoms with Crippen LogP contribution in [0.25, 0.3) is 0 Å². The Hall–Kier alpha value is -2.17. The van der Waals surface area contributed by atoms with Gasteiger partial charge in [-0.3, -0.25) is 0 Å². The molecule has 0 aliphatic carbocycles. The molecule has 1 aromatic heterocycles. The molecule has 6 nitrogen and oxygen atoms in total. The smallest absolute Gasteiger partial charge is 0.216 e. The highest BCUT2D eigenvalue weighted by Crippen LogP contribution is 2.08. The van der Waals surface area contributed by atoms with Crippen molar-refractivity contribution < 1.29 is 12.8 Å². The van der Waals surface area contributed by atoms with Gasteiger partial charge in [0.15, 0.2) is 0 Å². The van der Waals surface area contributed by atoms with Crippen LogP contribution in [-0.4, -0.2) is 13.4 Å². The van der Waals surface area contributed by atoms with Gasteiger partial charge in [-0.2, -0.15) is 5.26 Å². The summed E-state index contributed by atoms with van der Waals surface area (Å²) >= 11 is 0. The SMILES string of the molecule is Cc1cnc(CNS(=O)(=O)Cc2ccc(C#N)cc2)o1. The van der Waals surface area contributed by atoms with E-state index in [1.807, 2.05) is 6.07 Å². The Morgan fingerprint density at radius 3 is 2.60 bits per heavy atom. The molecule has 0 aliphatic rings. The molecule has 1 aromatic carbocycles. The molecule has 0 amide bonds. The van der Waals surface area contributed by atoms with Crippen molar-refractivity contribution >= 4 is 10.0 Å². The van der Waals surface area contributed by atoms with Gasteiger partial charge in [0, 0.05) is 0 Å². The van der Waals surface area contributed by atoms with Crippen LogP contribution in [0.5, 0.6) is 0 Å². The minimum Gasteiger partial charge on any atom is -0.445 e. The van der Waals surface area contributed by atoms with Gasteiger partial charge in [-0.25, -0.2) is 18.1 Å². The lowest BCUT2D eigenvalue weighted by atomic mass is 10.2. The predicted octanol–water partition coefficient (Wildman–Crippen LogP) is 1.47. The number of nitriles is 1. The number of rotatable bonds is 5. The fourth-order valence-corrected chi connectivity index (χ4v) is 2.68. The third kappa shape index (κ3) is 3.91. The summed E-state index contributed by atoms with van der Waals surface area (Å²) in [4.78, 5) is 3.92. The Kier molecular flexibility index (Phi) is 4.17. The second-order valence-corrected chi connectivity index (χ2v) is 6.06. The zero-order valence-electron chi connectivity index (χ0n) is 10.8. The maximum atomic E-state index is 11.9. The summed E-state index contributed by atoms with van der Waals surface area (Å²) in [5.41, 5.74) is 1.11. The third-order valence-corrected chi connectivity index (χ3v) is 3.85. The average Bonchev–Trinajstić information content (AvgIpc) is 2.83. The molecule has 0 spiro atoms. The molecule has 0 radical (unpaired) electrons. The van der Waals surface area contributed by atoms with Gasteiger partial charge in [-0.1, -0.05) is 12.1 Å². The molecule has 1 heterocycles. The minimum absolute atomic E-state index is 0.0203. The molecule has 7 heteroatoms. The first kappa shape index (κ1) is 14.2. The maximum Gasteiger partial charge on any atom is 0.216 e. The first-order valence-electron chi connectivity index (χ1n) is 5.86. The van der Waals surface area contributed by atoms with Gasteiger partial charge in [0.1, 0.15) is 5.76 Å². The van der Waals surface area contributed by atoms with Crippen LogP contribution < -0.4 is 4.72 Å². The standard InChI is InChI=1S/C13H13N3O3S/c1-10-7-15-13(19-10)8-16-20(17,18)9-12-4-2-11(6-14)3-5-12/h2-5,7,16H,8-9H2,1H3. The summed E-state index contributed by atoms with van der Waals surface area (Å²) in [6, 6.07) is 8.39. The van der Waals surface area contributed by atoms with Gasteiger partial charge >= 0.3 is 0 Å². The summed E-state index contributed by atoms with van der Waals surface area (Å²) in [6.07, 6.45) is 1.53. The Morgan fingerprint density at radius 1 is 1.35 bits per heavy atom. The van der Waals surface area contributed by atoms with Gasteiger partial charge in [0.2, 0.25) is 15.9 Å². The molecular weight excluding hydrogens is 278 g/mol. The molecule has 0 saturated heterocycles. The number of aryl methyl sites for hydroxylation is 1. The molecule has 0 fully saturated rings. The van der Waals surface area contributed by atoms with Crippen molar-refractivity contribution in [2.24, 2.45) is 0 Å². The number of nitrogens with one attached hydrogen (secondary N) is 1. The van der Waals surface area contributed by atoms with Crippen molar-refractivity contribution in [1.82, 2.24) is 9.71 Å². The molecule has 104 valence electrons. The van der Waals surface area contributed by atoms with E-state index in [1.165, 1.54) is 6.20 Å². The molecule has 2 rings (SSSR count). The quantitative estimate of drug-likeness (QED) is 0.900. The van der Waals surface area contributed by atoms with Crippen LogP contribution in [0.15, 0.2) is 34.9 Å². The van der Waals surface area contributed by atoms with Crippen LogP contribution in [0.2, 0.25) is 0 Å². The maximum absolute atomic E-state index is 11.9. The first-order chi connectivity index (χ1) is 9.48.